The van der Waals surface area contributed by atoms with Crippen LogP contribution in [0.4, 0.5) is 23.7 Å². The summed E-state index contributed by atoms with van der Waals surface area (Å²) in [5.41, 5.74) is -1.54. The number of halogens is 3. The van der Waals surface area contributed by atoms with Gasteiger partial charge in [0.05, 0.1) is 22.7 Å². The summed E-state index contributed by atoms with van der Waals surface area (Å²) in [6.45, 7) is 6.88. The van der Waals surface area contributed by atoms with Crippen LogP contribution < -0.4 is 10.6 Å². The summed E-state index contributed by atoms with van der Waals surface area (Å²) in [6, 6.07) is 5.92. The number of anilines is 1. The minimum atomic E-state index is -3.57. The quantitative estimate of drug-likeness (QED) is 0.366. The van der Waals surface area contributed by atoms with Crippen LogP contribution in [0.25, 0.3) is 11.3 Å². The lowest BCUT2D eigenvalue weighted by atomic mass is 9.75. The zero-order valence-corrected chi connectivity index (χ0v) is 25.1. The molecule has 230 valence electrons. The number of amides is 2. The minimum Gasteiger partial charge on any atom is -0.444 e. The molecule has 4 atom stereocenters. The molecule has 2 amide bonds. The van der Waals surface area contributed by atoms with Gasteiger partial charge in [0, 0.05) is 18.5 Å². The normalized spacial score (nSPS) is 20.7. The molecular formula is C30H33F3N4O5S. The van der Waals surface area contributed by atoms with Crippen molar-refractivity contribution in [2.75, 3.05) is 11.6 Å². The molecule has 2 N–H and O–H groups in total. The monoisotopic (exact) mass is 618 g/mol. The summed E-state index contributed by atoms with van der Waals surface area (Å²) in [7, 11) is -3.57. The molecular weight excluding hydrogens is 585 g/mol. The van der Waals surface area contributed by atoms with E-state index in [1.807, 2.05) is 0 Å². The highest BCUT2D eigenvalue weighted by Crippen LogP contribution is 2.41. The second-order valence-electron chi connectivity index (χ2n) is 11.7. The van der Waals surface area contributed by atoms with Gasteiger partial charge in [-0.15, -0.1) is 0 Å². The third kappa shape index (κ3) is 7.51. The maximum Gasteiger partial charge on any atom is 0.407 e. The number of nitrogens with zero attached hydrogens (tertiary/aromatic N) is 2. The largest absolute Gasteiger partial charge is 0.444 e. The Labute approximate surface area is 248 Å². The highest BCUT2D eigenvalue weighted by atomic mass is 32.2. The van der Waals surface area contributed by atoms with Crippen molar-refractivity contribution in [1.29, 1.82) is 0 Å². The van der Waals surface area contributed by atoms with Gasteiger partial charge in [0.2, 0.25) is 0 Å². The number of rotatable bonds is 6. The topological polar surface area (TPSA) is 127 Å². The van der Waals surface area contributed by atoms with Crippen LogP contribution in [0.5, 0.6) is 0 Å². The van der Waals surface area contributed by atoms with Gasteiger partial charge in [-0.1, -0.05) is 13.0 Å². The van der Waals surface area contributed by atoms with E-state index < -0.39 is 67.4 Å². The van der Waals surface area contributed by atoms with Crippen molar-refractivity contribution in [3.8, 4) is 11.3 Å². The first-order valence-corrected chi connectivity index (χ1v) is 15.5. The first-order valence-electron chi connectivity index (χ1n) is 13.6. The van der Waals surface area contributed by atoms with Crippen LogP contribution in [0.3, 0.4) is 0 Å². The summed E-state index contributed by atoms with van der Waals surface area (Å²) in [5.74, 6) is -4.55. The summed E-state index contributed by atoms with van der Waals surface area (Å²) >= 11 is 0. The second-order valence-corrected chi connectivity index (χ2v) is 13.9. The molecule has 0 aliphatic heterocycles. The Kier molecular flexibility index (Phi) is 9.14. The van der Waals surface area contributed by atoms with Crippen LogP contribution in [0, 0.1) is 23.4 Å². The van der Waals surface area contributed by atoms with E-state index in [2.05, 4.69) is 20.6 Å². The first-order chi connectivity index (χ1) is 20.0. The van der Waals surface area contributed by atoms with Crippen molar-refractivity contribution in [2.45, 2.75) is 63.3 Å². The number of benzene rings is 1. The second kappa shape index (κ2) is 12.3. The number of carbonyl (C=O) groups is 2. The number of carbonyl (C=O) groups excluding carboxylic acids is 2. The molecule has 2 aromatic heterocycles. The summed E-state index contributed by atoms with van der Waals surface area (Å²) < 4.78 is 74.1. The Hall–Kier alpha value is -4.00. The van der Waals surface area contributed by atoms with Crippen molar-refractivity contribution in [2.24, 2.45) is 5.92 Å². The number of ether oxygens (including phenoxy) is 1. The van der Waals surface area contributed by atoms with Gasteiger partial charge in [-0.25, -0.2) is 31.4 Å². The zero-order valence-electron chi connectivity index (χ0n) is 24.3. The van der Waals surface area contributed by atoms with E-state index in [1.54, 1.807) is 33.8 Å². The van der Waals surface area contributed by atoms with Gasteiger partial charge in [0.15, 0.2) is 9.84 Å². The molecule has 9 nitrogen and oxygen atoms in total. The van der Waals surface area contributed by atoms with E-state index in [1.165, 1.54) is 12.4 Å². The summed E-state index contributed by atoms with van der Waals surface area (Å²) in [4.78, 5) is 33.9. The van der Waals surface area contributed by atoms with Gasteiger partial charge in [0.1, 0.15) is 34.4 Å². The Morgan fingerprint density at radius 3 is 2.30 bits per heavy atom. The molecule has 1 aliphatic rings. The van der Waals surface area contributed by atoms with Gasteiger partial charge in [0.25, 0.3) is 5.91 Å². The Morgan fingerprint density at radius 1 is 1.00 bits per heavy atom. The molecule has 1 fully saturated rings. The van der Waals surface area contributed by atoms with E-state index in [9.17, 15) is 31.2 Å². The van der Waals surface area contributed by atoms with Gasteiger partial charge in [-0.2, -0.15) is 0 Å². The highest BCUT2D eigenvalue weighted by Gasteiger charge is 2.43. The Bertz CT molecular complexity index is 1620. The van der Waals surface area contributed by atoms with E-state index in [0.717, 1.165) is 36.6 Å². The van der Waals surface area contributed by atoms with Crippen LogP contribution in [-0.2, 0) is 14.6 Å². The molecule has 0 saturated heterocycles. The van der Waals surface area contributed by atoms with Crippen molar-refractivity contribution in [1.82, 2.24) is 15.3 Å². The minimum absolute atomic E-state index is 0.222. The molecule has 0 bridgehead atoms. The standard InChI is InChI=1S/C30H33F3N4O5S/c1-16-13-17(14-23(27(16)43(5,40)41)37-29(39)42-30(2,3)4)18-11-12-34-15-24(18)36-28(38)22-10-9-21(33)26(35-22)25-19(31)7-6-8-20(25)32/h6-12,15-17,23,27H,13-14H2,1-5H3,(H,36,38)(H,37,39)/t16-,17+,23+,27-/m0/s1. The number of sulfone groups is 1. The lowest BCUT2D eigenvalue weighted by Gasteiger charge is -2.40. The zero-order chi connectivity index (χ0) is 31.7. The Morgan fingerprint density at radius 2 is 1.67 bits per heavy atom. The first kappa shape index (κ1) is 31.9. The molecule has 0 spiro atoms. The van der Waals surface area contributed by atoms with E-state index >= 15 is 0 Å². The summed E-state index contributed by atoms with van der Waals surface area (Å²) in [6.07, 6.45) is 3.95. The van der Waals surface area contributed by atoms with Crippen LogP contribution in [0.1, 0.15) is 62.5 Å². The maximum absolute atomic E-state index is 14.6. The fraction of sp³-hybridized carbons (Fsp3) is 0.400. The molecule has 43 heavy (non-hydrogen) atoms. The fourth-order valence-corrected chi connectivity index (χ4v) is 7.34. The molecule has 0 radical (unpaired) electrons. The highest BCUT2D eigenvalue weighted by molar-refractivity contribution is 7.91. The maximum atomic E-state index is 14.6. The van der Waals surface area contributed by atoms with Gasteiger partial charge in [-0.05, 0) is 81.3 Å². The van der Waals surface area contributed by atoms with Crippen molar-refractivity contribution in [3.63, 3.8) is 0 Å². The van der Waals surface area contributed by atoms with Crippen molar-refractivity contribution in [3.05, 3.63) is 77.5 Å². The smallest absolute Gasteiger partial charge is 0.407 e. The molecule has 1 aromatic carbocycles. The van der Waals surface area contributed by atoms with Crippen LogP contribution in [-0.4, -0.2) is 53.5 Å². The number of nitrogens with one attached hydrogen (secondary N) is 2. The molecule has 2 heterocycles. The average molecular weight is 619 g/mol. The van der Waals surface area contributed by atoms with E-state index in [0.29, 0.717) is 12.0 Å². The SMILES string of the molecule is C[C@H]1C[C@@H](c2ccncc2NC(=O)c2ccc(F)c(-c3c(F)cccc3F)n2)C[C@@H](NC(=O)OC(C)(C)C)[C@H]1S(C)(=O)=O. The molecule has 0 unspecified atom stereocenters. The van der Waals surface area contributed by atoms with Gasteiger partial charge < -0.3 is 15.4 Å². The molecule has 4 rings (SSSR count). The molecule has 1 aliphatic carbocycles. The van der Waals surface area contributed by atoms with Gasteiger partial charge in [-0.3, -0.25) is 9.78 Å². The molecule has 3 aromatic rings. The fourth-order valence-electron chi connectivity index (χ4n) is 5.61. The Balaban J connectivity index is 1.63. The lowest BCUT2D eigenvalue weighted by molar-refractivity contribution is 0.0484. The average Bonchev–Trinajstić information content (AvgIpc) is 2.87. The predicted octanol–water partition coefficient (Wildman–Crippen LogP) is 5.63. The molecule has 1 saturated carbocycles. The molecule has 13 heteroatoms. The van der Waals surface area contributed by atoms with E-state index in [-0.39, 0.29) is 29.6 Å². The van der Waals surface area contributed by atoms with E-state index in [4.69, 9.17) is 4.74 Å². The van der Waals surface area contributed by atoms with Crippen molar-refractivity contribution < 1.29 is 35.9 Å². The number of hydrogen-bond donors (Lipinski definition) is 2. The third-order valence-corrected chi connectivity index (χ3v) is 8.95. The number of aromatic nitrogens is 2. The number of pyridine rings is 2. The van der Waals surface area contributed by atoms with Crippen molar-refractivity contribution >= 4 is 27.5 Å². The third-order valence-electron chi connectivity index (χ3n) is 7.17. The number of alkyl carbamates (subject to hydrolysis) is 1. The van der Waals surface area contributed by atoms with Gasteiger partial charge >= 0.3 is 6.09 Å². The summed E-state index contributed by atoms with van der Waals surface area (Å²) in [5, 5.41) is 4.56. The van der Waals surface area contributed by atoms with Crippen LogP contribution in [0.15, 0.2) is 48.8 Å². The van der Waals surface area contributed by atoms with Crippen LogP contribution >= 0.6 is 0 Å². The predicted molar refractivity (Wildman–Crippen MR) is 155 cm³/mol. The van der Waals surface area contributed by atoms with Crippen LogP contribution in [0.2, 0.25) is 0 Å². The number of hydrogen-bond acceptors (Lipinski definition) is 7. The lowest BCUT2D eigenvalue weighted by Crippen LogP contribution is -2.53.